The van der Waals surface area contributed by atoms with Crippen LogP contribution in [0.2, 0.25) is 0 Å². The van der Waals surface area contributed by atoms with E-state index in [1.807, 2.05) is 0 Å². The van der Waals surface area contributed by atoms with Gasteiger partial charge in [0.05, 0.1) is 0 Å². The molecule has 0 unspecified atom stereocenters. The van der Waals surface area contributed by atoms with Gasteiger partial charge in [0, 0.05) is 18.7 Å². The molecule has 0 atom stereocenters. The molecule has 2 rings (SSSR count). The summed E-state index contributed by atoms with van der Waals surface area (Å²) in [6.07, 6.45) is 3.58. The number of anilines is 1. The molecule has 0 spiro atoms. The summed E-state index contributed by atoms with van der Waals surface area (Å²) in [4.78, 5) is 4.50. The third-order valence-corrected chi connectivity index (χ3v) is 2.97. The van der Waals surface area contributed by atoms with E-state index in [0.29, 0.717) is 5.92 Å². The van der Waals surface area contributed by atoms with E-state index in [-0.39, 0.29) is 0 Å². The Kier molecular flexibility index (Phi) is 3.60. The summed E-state index contributed by atoms with van der Waals surface area (Å²) >= 11 is 0. The van der Waals surface area contributed by atoms with Gasteiger partial charge in [-0.3, -0.25) is 4.99 Å². The van der Waals surface area contributed by atoms with E-state index in [2.05, 4.69) is 48.4 Å². The predicted molar refractivity (Wildman–Crippen MR) is 70.3 cm³/mol. The zero-order chi connectivity index (χ0) is 11.4. The second-order valence-corrected chi connectivity index (χ2v) is 4.69. The molecule has 1 aliphatic heterocycles. The van der Waals surface area contributed by atoms with Crippen LogP contribution in [0, 0.1) is 0 Å². The number of aliphatic imine (C=N–C) groups is 1. The molecule has 0 radical (unpaired) electrons. The Morgan fingerprint density at radius 3 is 2.81 bits per heavy atom. The van der Waals surface area contributed by atoms with E-state index >= 15 is 0 Å². The van der Waals surface area contributed by atoms with Gasteiger partial charge in [-0.25, -0.2) is 0 Å². The molecule has 0 aliphatic carbocycles. The lowest BCUT2D eigenvalue weighted by atomic mass is 10.0. The van der Waals surface area contributed by atoms with Crippen LogP contribution in [0.15, 0.2) is 29.3 Å². The lowest BCUT2D eigenvalue weighted by molar-refractivity contribution is 0.737. The molecule has 0 saturated heterocycles. The Bertz CT molecular complexity index is 380. The number of benzene rings is 1. The normalized spacial score (nSPS) is 16.1. The van der Waals surface area contributed by atoms with Crippen molar-refractivity contribution in [1.82, 2.24) is 0 Å². The molecule has 0 bridgehead atoms. The second-order valence-electron chi connectivity index (χ2n) is 4.69. The molecular weight excluding hydrogens is 196 g/mol. The molecule has 1 heterocycles. The number of hydrogen-bond donors (Lipinski definition) is 1. The Morgan fingerprint density at radius 1 is 1.25 bits per heavy atom. The van der Waals surface area contributed by atoms with Crippen molar-refractivity contribution >= 4 is 11.5 Å². The van der Waals surface area contributed by atoms with E-state index in [0.717, 1.165) is 18.8 Å². The monoisotopic (exact) mass is 216 g/mol. The lowest BCUT2D eigenvalue weighted by Crippen LogP contribution is -2.16. The Balaban J connectivity index is 2.09. The zero-order valence-corrected chi connectivity index (χ0v) is 10.2. The van der Waals surface area contributed by atoms with E-state index in [1.54, 1.807) is 0 Å². The third-order valence-electron chi connectivity index (χ3n) is 2.97. The fourth-order valence-corrected chi connectivity index (χ4v) is 1.94. The molecule has 1 aliphatic rings. The van der Waals surface area contributed by atoms with Gasteiger partial charge in [0.25, 0.3) is 0 Å². The molecule has 0 aromatic heterocycles. The molecular formula is C14H20N2. The van der Waals surface area contributed by atoms with Crippen molar-refractivity contribution in [1.29, 1.82) is 0 Å². The highest BCUT2D eigenvalue weighted by Crippen LogP contribution is 2.19. The molecule has 1 aromatic rings. The van der Waals surface area contributed by atoms with Gasteiger partial charge in [-0.2, -0.15) is 0 Å². The fraction of sp³-hybridized carbons (Fsp3) is 0.500. The summed E-state index contributed by atoms with van der Waals surface area (Å²) in [6, 6.07) is 8.63. The first kappa shape index (κ1) is 11.2. The maximum atomic E-state index is 4.50. The molecule has 2 heteroatoms. The van der Waals surface area contributed by atoms with Gasteiger partial charge < -0.3 is 5.32 Å². The van der Waals surface area contributed by atoms with Crippen molar-refractivity contribution in [3.8, 4) is 0 Å². The van der Waals surface area contributed by atoms with Gasteiger partial charge in [-0.05, 0) is 36.5 Å². The number of amidine groups is 1. The summed E-state index contributed by atoms with van der Waals surface area (Å²) in [6.45, 7) is 5.42. The first-order valence-corrected chi connectivity index (χ1v) is 6.16. The van der Waals surface area contributed by atoms with Crippen molar-refractivity contribution in [3.63, 3.8) is 0 Å². The molecule has 0 amide bonds. The largest absolute Gasteiger partial charge is 0.344 e. The summed E-state index contributed by atoms with van der Waals surface area (Å²) in [5.41, 5.74) is 2.55. The van der Waals surface area contributed by atoms with Gasteiger partial charge in [-0.1, -0.05) is 26.0 Å². The van der Waals surface area contributed by atoms with Crippen LogP contribution in [0.3, 0.4) is 0 Å². The van der Waals surface area contributed by atoms with Gasteiger partial charge in [0.15, 0.2) is 0 Å². The van der Waals surface area contributed by atoms with Crippen molar-refractivity contribution in [2.75, 3.05) is 11.9 Å². The highest BCUT2D eigenvalue weighted by Gasteiger charge is 2.06. The Labute approximate surface area is 97.8 Å². The summed E-state index contributed by atoms with van der Waals surface area (Å²) in [5.74, 6) is 1.72. The van der Waals surface area contributed by atoms with Gasteiger partial charge in [0.1, 0.15) is 5.84 Å². The van der Waals surface area contributed by atoms with Crippen LogP contribution in [0.1, 0.15) is 44.6 Å². The van der Waals surface area contributed by atoms with Crippen LogP contribution >= 0.6 is 0 Å². The third kappa shape index (κ3) is 2.84. The Hall–Kier alpha value is -1.31. The molecule has 0 saturated carbocycles. The molecule has 86 valence electrons. The van der Waals surface area contributed by atoms with Crippen LogP contribution < -0.4 is 5.32 Å². The van der Waals surface area contributed by atoms with Crippen LogP contribution in [0.25, 0.3) is 0 Å². The average Bonchev–Trinajstić information content (AvgIpc) is 2.30. The summed E-state index contributed by atoms with van der Waals surface area (Å²) < 4.78 is 0. The number of hydrogen-bond acceptors (Lipinski definition) is 2. The molecule has 2 nitrogen and oxygen atoms in total. The van der Waals surface area contributed by atoms with Crippen molar-refractivity contribution < 1.29 is 0 Å². The van der Waals surface area contributed by atoms with Gasteiger partial charge >= 0.3 is 0 Å². The SMILES string of the molecule is CC(C)c1cccc(NC2=NCCCC2)c1. The topological polar surface area (TPSA) is 24.4 Å². The smallest absolute Gasteiger partial charge is 0.101 e. The number of nitrogens with one attached hydrogen (secondary N) is 1. The minimum atomic E-state index is 0.579. The van der Waals surface area contributed by atoms with Gasteiger partial charge in [0.2, 0.25) is 0 Å². The maximum absolute atomic E-state index is 4.50. The predicted octanol–water partition coefficient (Wildman–Crippen LogP) is 3.80. The van der Waals surface area contributed by atoms with Crippen LogP contribution in [0.4, 0.5) is 5.69 Å². The average molecular weight is 216 g/mol. The standard InChI is InChI=1S/C14H20N2/c1-11(2)12-6-5-7-13(10-12)16-14-8-3-4-9-15-14/h5-7,10-11H,3-4,8-9H2,1-2H3,(H,15,16). The lowest BCUT2D eigenvalue weighted by Gasteiger charge is -2.15. The van der Waals surface area contributed by atoms with Gasteiger partial charge in [-0.15, -0.1) is 0 Å². The van der Waals surface area contributed by atoms with Crippen molar-refractivity contribution in [2.24, 2.45) is 4.99 Å². The minimum Gasteiger partial charge on any atom is -0.344 e. The van der Waals surface area contributed by atoms with E-state index in [4.69, 9.17) is 0 Å². The van der Waals surface area contributed by atoms with Crippen LogP contribution in [-0.2, 0) is 0 Å². The fourth-order valence-electron chi connectivity index (χ4n) is 1.94. The zero-order valence-electron chi connectivity index (χ0n) is 10.2. The highest BCUT2D eigenvalue weighted by atomic mass is 15.0. The minimum absolute atomic E-state index is 0.579. The summed E-state index contributed by atoms with van der Waals surface area (Å²) in [7, 11) is 0. The van der Waals surface area contributed by atoms with Crippen molar-refractivity contribution in [3.05, 3.63) is 29.8 Å². The van der Waals surface area contributed by atoms with E-state index in [9.17, 15) is 0 Å². The van der Waals surface area contributed by atoms with Crippen LogP contribution in [-0.4, -0.2) is 12.4 Å². The van der Waals surface area contributed by atoms with E-state index in [1.165, 1.54) is 24.1 Å². The Morgan fingerprint density at radius 2 is 2.12 bits per heavy atom. The number of rotatable bonds is 2. The quantitative estimate of drug-likeness (QED) is 0.798. The van der Waals surface area contributed by atoms with Crippen molar-refractivity contribution in [2.45, 2.75) is 39.0 Å². The molecule has 1 aromatic carbocycles. The molecule has 16 heavy (non-hydrogen) atoms. The molecule has 0 fully saturated rings. The number of nitrogens with zero attached hydrogens (tertiary/aromatic N) is 1. The first-order chi connectivity index (χ1) is 7.75. The van der Waals surface area contributed by atoms with Crippen LogP contribution in [0.5, 0.6) is 0 Å². The maximum Gasteiger partial charge on any atom is 0.101 e. The summed E-state index contributed by atoms with van der Waals surface area (Å²) in [5, 5.41) is 3.43. The highest BCUT2D eigenvalue weighted by molar-refractivity contribution is 5.95. The van der Waals surface area contributed by atoms with E-state index < -0.39 is 0 Å². The second kappa shape index (κ2) is 5.15. The molecule has 1 N–H and O–H groups in total. The first-order valence-electron chi connectivity index (χ1n) is 6.16.